The Morgan fingerprint density at radius 1 is 1.21 bits per heavy atom. The van der Waals surface area contributed by atoms with Gasteiger partial charge in [0.2, 0.25) is 0 Å². The van der Waals surface area contributed by atoms with Gasteiger partial charge in [-0.1, -0.05) is 43.0 Å². The Hall–Kier alpha value is -2.55. The highest BCUT2D eigenvalue weighted by molar-refractivity contribution is 5.89. The van der Waals surface area contributed by atoms with Crippen LogP contribution in [0.2, 0.25) is 0 Å². The van der Waals surface area contributed by atoms with Gasteiger partial charge < -0.3 is 9.84 Å². The van der Waals surface area contributed by atoms with Gasteiger partial charge in [0, 0.05) is 5.56 Å². The molecule has 2 aromatic carbocycles. The van der Waals surface area contributed by atoms with Crippen molar-refractivity contribution >= 4 is 5.97 Å². The molecule has 3 nitrogen and oxygen atoms in total. The molecule has 0 fully saturated rings. The number of carboxylic acids is 1. The molecule has 0 saturated carbocycles. The van der Waals surface area contributed by atoms with Crippen molar-refractivity contribution in [3.63, 3.8) is 0 Å². The third kappa shape index (κ3) is 3.01. The van der Waals surface area contributed by atoms with E-state index in [0.29, 0.717) is 12.4 Å². The van der Waals surface area contributed by atoms with E-state index in [2.05, 4.69) is 6.58 Å². The summed E-state index contributed by atoms with van der Waals surface area (Å²) < 4.78 is 5.55. The molecule has 96 valence electrons. The molecule has 0 spiro atoms. The first-order valence-corrected chi connectivity index (χ1v) is 5.89. The monoisotopic (exact) mass is 254 g/mol. The van der Waals surface area contributed by atoms with Crippen LogP contribution in [0.15, 0.2) is 61.2 Å². The van der Waals surface area contributed by atoms with E-state index in [-0.39, 0.29) is 5.56 Å². The number of hydrogen-bond acceptors (Lipinski definition) is 2. The quantitative estimate of drug-likeness (QED) is 0.829. The maximum atomic E-state index is 11.0. The van der Waals surface area contributed by atoms with Crippen molar-refractivity contribution in [3.8, 4) is 16.9 Å². The molecule has 2 aromatic rings. The molecule has 2 rings (SSSR count). The van der Waals surface area contributed by atoms with Gasteiger partial charge in [-0.05, 0) is 23.8 Å². The standard InChI is InChI=1S/C16H14O3/c1-2-10-19-15-11-13(16(17)18)8-9-14(15)12-6-4-3-5-7-12/h2-9,11H,1,10H2,(H,17,18). The summed E-state index contributed by atoms with van der Waals surface area (Å²) in [5, 5.41) is 9.02. The van der Waals surface area contributed by atoms with E-state index < -0.39 is 5.97 Å². The fourth-order valence-electron chi connectivity index (χ4n) is 1.78. The Morgan fingerprint density at radius 2 is 1.95 bits per heavy atom. The van der Waals surface area contributed by atoms with Crippen LogP contribution >= 0.6 is 0 Å². The molecule has 0 aliphatic rings. The molecule has 19 heavy (non-hydrogen) atoms. The molecule has 0 unspecified atom stereocenters. The van der Waals surface area contributed by atoms with Crippen LogP contribution in [0.1, 0.15) is 10.4 Å². The molecule has 0 amide bonds. The number of hydrogen-bond donors (Lipinski definition) is 1. The minimum atomic E-state index is -0.969. The fourth-order valence-corrected chi connectivity index (χ4v) is 1.78. The normalized spacial score (nSPS) is 9.89. The van der Waals surface area contributed by atoms with E-state index in [9.17, 15) is 4.79 Å². The highest BCUT2D eigenvalue weighted by atomic mass is 16.5. The first-order chi connectivity index (χ1) is 9.22. The van der Waals surface area contributed by atoms with Crippen LogP contribution in [-0.4, -0.2) is 17.7 Å². The molecule has 0 heterocycles. The zero-order chi connectivity index (χ0) is 13.7. The third-order valence-electron chi connectivity index (χ3n) is 2.67. The average Bonchev–Trinajstić information content (AvgIpc) is 2.45. The smallest absolute Gasteiger partial charge is 0.335 e. The summed E-state index contributed by atoms with van der Waals surface area (Å²) in [5.74, 6) is -0.422. The second-order valence-corrected chi connectivity index (χ2v) is 3.98. The van der Waals surface area contributed by atoms with Crippen molar-refractivity contribution < 1.29 is 14.6 Å². The Morgan fingerprint density at radius 3 is 2.58 bits per heavy atom. The Labute approximate surface area is 111 Å². The van der Waals surface area contributed by atoms with Gasteiger partial charge in [0.15, 0.2) is 0 Å². The Bertz CT molecular complexity index is 588. The predicted molar refractivity (Wildman–Crippen MR) is 74.5 cm³/mol. The van der Waals surface area contributed by atoms with Crippen molar-refractivity contribution in [2.45, 2.75) is 0 Å². The zero-order valence-electron chi connectivity index (χ0n) is 10.4. The van der Waals surface area contributed by atoms with Crippen molar-refractivity contribution in [2.24, 2.45) is 0 Å². The van der Waals surface area contributed by atoms with Crippen molar-refractivity contribution in [3.05, 3.63) is 66.7 Å². The molecule has 1 N–H and O–H groups in total. The lowest BCUT2D eigenvalue weighted by Gasteiger charge is -2.11. The summed E-state index contributed by atoms with van der Waals surface area (Å²) in [6, 6.07) is 14.6. The van der Waals surface area contributed by atoms with Gasteiger partial charge in [-0.25, -0.2) is 4.79 Å². The predicted octanol–water partition coefficient (Wildman–Crippen LogP) is 3.62. The second kappa shape index (κ2) is 5.87. The lowest BCUT2D eigenvalue weighted by molar-refractivity contribution is 0.0696. The van der Waals surface area contributed by atoms with E-state index in [1.807, 2.05) is 30.3 Å². The van der Waals surface area contributed by atoms with Crippen LogP contribution in [-0.2, 0) is 0 Å². The summed E-state index contributed by atoms with van der Waals surface area (Å²) in [5.41, 5.74) is 2.06. The minimum Gasteiger partial charge on any atom is -0.489 e. The second-order valence-electron chi connectivity index (χ2n) is 3.98. The van der Waals surface area contributed by atoms with E-state index in [0.717, 1.165) is 11.1 Å². The van der Waals surface area contributed by atoms with Gasteiger partial charge in [-0.15, -0.1) is 0 Å². The largest absolute Gasteiger partial charge is 0.489 e. The SMILES string of the molecule is C=CCOc1cc(C(=O)O)ccc1-c1ccccc1. The Balaban J connectivity index is 2.47. The topological polar surface area (TPSA) is 46.5 Å². The molecular formula is C16H14O3. The van der Waals surface area contributed by atoms with Crippen LogP contribution < -0.4 is 4.74 Å². The molecule has 0 bridgehead atoms. The maximum Gasteiger partial charge on any atom is 0.335 e. The van der Waals surface area contributed by atoms with Gasteiger partial charge in [-0.3, -0.25) is 0 Å². The highest BCUT2D eigenvalue weighted by Gasteiger charge is 2.10. The molecule has 3 heteroatoms. The molecular weight excluding hydrogens is 240 g/mol. The third-order valence-corrected chi connectivity index (χ3v) is 2.67. The molecule has 0 radical (unpaired) electrons. The molecule has 0 atom stereocenters. The van der Waals surface area contributed by atoms with Gasteiger partial charge >= 0.3 is 5.97 Å². The van der Waals surface area contributed by atoms with Crippen LogP contribution in [0.5, 0.6) is 5.75 Å². The van der Waals surface area contributed by atoms with E-state index in [1.165, 1.54) is 6.07 Å². The van der Waals surface area contributed by atoms with Crippen molar-refractivity contribution in [1.82, 2.24) is 0 Å². The number of benzene rings is 2. The zero-order valence-corrected chi connectivity index (χ0v) is 10.4. The van der Waals surface area contributed by atoms with Crippen LogP contribution in [0, 0.1) is 0 Å². The molecule has 0 aromatic heterocycles. The Kier molecular flexibility index (Phi) is 3.98. The van der Waals surface area contributed by atoms with Crippen molar-refractivity contribution in [2.75, 3.05) is 6.61 Å². The number of rotatable bonds is 5. The number of aromatic carboxylic acids is 1. The van der Waals surface area contributed by atoms with Gasteiger partial charge in [0.1, 0.15) is 12.4 Å². The van der Waals surface area contributed by atoms with E-state index in [4.69, 9.17) is 9.84 Å². The van der Waals surface area contributed by atoms with Gasteiger partial charge in [0.05, 0.1) is 5.56 Å². The van der Waals surface area contributed by atoms with E-state index >= 15 is 0 Å². The highest BCUT2D eigenvalue weighted by Crippen LogP contribution is 2.31. The fraction of sp³-hybridized carbons (Fsp3) is 0.0625. The maximum absolute atomic E-state index is 11.0. The number of ether oxygens (including phenoxy) is 1. The van der Waals surface area contributed by atoms with Gasteiger partial charge in [-0.2, -0.15) is 0 Å². The lowest BCUT2D eigenvalue weighted by atomic mass is 10.0. The van der Waals surface area contributed by atoms with Crippen LogP contribution in [0.25, 0.3) is 11.1 Å². The average molecular weight is 254 g/mol. The summed E-state index contributed by atoms with van der Waals surface area (Å²) in [6.07, 6.45) is 1.63. The van der Waals surface area contributed by atoms with Gasteiger partial charge in [0.25, 0.3) is 0 Å². The first-order valence-electron chi connectivity index (χ1n) is 5.89. The lowest BCUT2D eigenvalue weighted by Crippen LogP contribution is -2.00. The summed E-state index contributed by atoms with van der Waals surface area (Å²) in [6.45, 7) is 3.93. The van der Waals surface area contributed by atoms with E-state index in [1.54, 1.807) is 18.2 Å². The van der Waals surface area contributed by atoms with Crippen LogP contribution in [0.4, 0.5) is 0 Å². The molecule has 0 saturated heterocycles. The van der Waals surface area contributed by atoms with Crippen LogP contribution in [0.3, 0.4) is 0 Å². The molecule has 0 aliphatic carbocycles. The van der Waals surface area contributed by atoms with Crippen molar-refractivity contribution in [1.29, 1.82) is 0 Å². The summed E-state index contributed by atoms with van der Waals surface area (Å²) in [4.78, 5) is 11.0. The molecule has 0 aliphatic heterocycles. The first kappa shape index (κ1) is 12.9. The number of carboxylic acid groups (broad SMARTS) is 1. The number of carbonyl (C=O) groups is 1. The summed E-state index contributed by atoms with van der Waals surface area (Å²) in [7, 11) is 0. The minimum absolute atomic E-state index is 0.207. The summed E-state index contributed by atoms with van der Waals surface area (Å²) >= 11 is 0.